The van der Waals surface area contributed by atoms with E-state index in [0.29, 0.717) is 16.8 Å². The highest BCUT2D eigenvalue weighted by Gasteiger charge is 2.27. The maximum Gasteiger partial charge on any atom is 0.258 e. The summed E-state index contributed by atoms with van der Waals surface area (Å²) >= 11 is 49.7. The van der Waals surface area contributed by atoms with Crippen molar-refractivity contribution in [1.29, 1.82) is 0 Å². The fourth-order valence-electron chi connectivity index (χ4n) is 5.74. The first kappa shape index (κ1) is 49.8. The van der Waals surface area contributed by atoms with Crippen molar-refractivity contribution in [2.75, 3.05) is 21.3 Å². The van der Waals surface area contributed by atoms with Gasteiger partial charge in [-0.05, 0) is 99.5 Å². The molecule has 0 fully saturated rings. The fraction of sp³-hybridized carbons (Fsp3) is 0.143. The summed E-state index contributed by atoms with van der Waals surface area (Å²) < 4.78 is 0. The molecule has 14 nitrogen and oxygen atoms in total. The summed E-state index contributed by atoms with van der Waals surface area (Å²) in [6.45, 7) is 5.55. The van der Waals surface area contributed by atoms with Crippen LogP contribution in [0.4, 0.5) is 34.1 Å². The zero-order valence-electron chi connectivity index (χ0n) is 33.3. The van der Waals surface area contributed by atoms with E-state index in [1.165, 1.54) is 72.8 Å². The Bertz CT molecular complexity index is 2750. The predicted molar refractivity (Wildman–Crippen MR) is 253 cm³/mol. The smallest absolute Gasteiger partial charge is 0.258 e. The van der Waals surface area contributed by atoms with E-state index in [1.54, 1.807) is 13.8 Å². The van der Waals surface area contributed by atoms with Gasteiger partial charge in [-0.1, -0.05) is 105 Å². The van der Waals surface area contributed by atoms with Crippen molar-refractivity contribution < 1.29 is 28.8 Å². The Morgan fingerprint density at radius 1 is 0.484 bits per heavy atom. The maximum absolute atomic E-state index is 13.5. The Kier molecular flexibility index (Phi) is 16.9. The second-order valence-corrected chi connectivity index (χ2v) is 16.9. The first-order valence-electron chi connectivity index (χ1n) is 18.2. The number of azo groups is 2. The van der Waals surface area contributed by atoms with Gasteiger partial charge in [-0.3, -0.25) is 28.8 Å². The molecule has 0 aromatic heterocycles. The zero-order chi connectivity index (χ0) is 47.2. The Morgan fingerprint density at radius 2 is 0.844 bits per heavy atom. The molecule has 5 rings (SSSR count). The minimum Gasteiger partial charge on any atom is -0.324 e. The molecule has 4 amide bonds. The van der Waals surface area contributed by atoms with Crippen molar-refractivity contribution in [1.82, 2.24) is 0 Å². The highest BCUT2D eigenvalue weighted by atomic mass is 35.5. The maximum atomic E-state index is 13.5. The van der Waals surface area contributed by atoms with Crippen molar-refractivity contribution in [3.05, 3.63) is 135 Å². The van der Waals surface area contributed by atoms with Crippen molar-refractivity contribution >= 4 is 162 Å². The summed E-state index contributed by atoms with van der Waals surface area (Å²) in [5.41, 5.74) is 1.51. The monoisotopic (exact) mass is 1020 g/mol. The number of amides is 4. The molecule has 0 saturated carbocycles. The standard InChI is InChI=1S/C42H30Cl8N8O6/c1-17-11-23(51-41(63)35(19(3)59)57-55-30-9-5-7-24(32(30)49)39(61)53-37-26(45)13-21(43)14-27(37)46)12-18(2)34(17)52-42(64)36(20(4)60)58-56-31-10-6-8-25(33(31)50)40(62)54-38-28(47)15-22(44)16-29(38)48/h5-16,35-36H,1-4H3,(H,51,63)(H,52,64)(H,53,61)(H,54,62). The lowest BCUT2D eigenvalue weighted by atomic mass is 10.1. The molecule has 0 heterocycles. The number of nitrogens with zero attached hydrogens (tertiary/aromatic N) is 4. The molecule has 0 bridgehead atoms. The molecular weight excluding hydrogens is 996 g/mol. The van der Waals surface area contributed by atoms with Gasteiger partial charge in [0.25, 0.3) is 23.6 Å². The number of anilines is 4. The Hall–Kier alpha value is -5.16. The molecule has 5 aromatic carbocycles. The number of benzene rings is 5. The van der Waals surface area contributed by atoms with Gasteiger partial charge in [0.05, 0.1) is 52.6 Å². The largest absolute Gasteiger partial charge is 0.324 e. The average molecular weight is 1030 g/mol. The molecule has 5 aromatic rings. The van der Waals surface area contributed by atoms with Crippen LogP contribution in [0, 0.1) is 13.8 Å². The number of hydrogen-bond acceptors (Lipinski definition) is 10. The number of hydrogen-bond donors (Lipinski definition) is 4. The normalized spacial score (nSPS) is 12.2. The van der Waals surface area contributed by atoms with Crippen LogP contribution in [0.1, 0.15) is 45.7 Å². The van der Waals surface area contributed by atoms with Gasteiger partial charge in [0.1, 0.15) is 11.4 Å². The van der Waals surface area contributed by atoms with Gasteiger partial charge >= 0.3 is 0 Å². The van der Waals surface area contributed by atoms with Crippen LogP contribution >= 0.6 is 92.8 Å². The van der Waals surface area contributed by atoms with E-state index in [9.17, 15) is 28.8 Å². The molecule has 0 spiro atoms. The summed E-state index contributed by atoms with van der Waals surface area (Å²) in [6.07, 6.45) is 0. The molecular formula is C42H30Cl8N8O6. The highest BCUT2D eigenvalue weighted by molar-refractivity contribution is 6.44. The number of halogens is 8. The van der Waals surface area contributed by atoms with E-state index in [2.05, 4.69) is 41.7 Å². The van der Waals surface area contributed by atoms with Gasteiger partial charge < -0.3 is 21.3 Å². The zero-order valence-corrected chi connectivity index (χ0v) is 39.4. The van der Waals surface area contributed by atoms with E-state index in [4.69, 9.17) is 92.8 Å². The van der Waals surface area contributed by atoms with Gasteiger partial charge in [0.2, 0.25) is 12.1 Å². The van der Waals surface area contributed by atoms with Crippen LogP contribution in [-0.4, -0.2) is 47.3 Å². The van der Waals surface area contributed by atoms with Crippen molar-refractivity contribution in [3.63, 3.8) is 0 Å². The van der Waals surface area contributed by atoms with Crippen molar-refractivity contribution in [3.8, 4) is 0 Å². The third kappa shape index (κ3) is 12.1. The average Bonchev–Trinajstić information content (AvgIpc) is 3.19. The second-order valence-electron chi connectivity index (χ2n) is 13.6. The van der Waals surface area contributed by atoms with Crippen LogP contribution in [0.25, 0.3) is 0 Å². The van der Waals surface area contributed by atoms with E-state index in [1.807, 2.05) is 0 Å². The molecule has 0 saturated heterocycles. The molecule has 2 unspecified atom stereocenters. The minimum atomic E-state index is -1.64. The Balaban J connectivity index is 1.28. The van der Waals surface area contributed by atoms with E-state index in [-0.39, 0.29) is 79.7 Å². The summed E-state index contributed by atoms with van der Waals surface area (Å²) in [5, 5.41) is 26.9. The number of carbonyl (C=O) groups excluding carboxylic acids is 6. The lowest BCUT2D eigenvalue weighted by Crippen LogP contribution is -2.33. The molecule has 330 valence electrons. The number of nitrogens with one attached hydrogen (secondary N) is 4. The van der Waals surface area contributed by atoms with Gasteiger partial charge in [-0.25, -0.2) is 0 Å². The Morgan fingerprint density at radius 3 is 1.20 bits per heavy atom. The number of rotatable bonds is 14. The number of aryl methyl sites for hydroxylation is 2. The number of carbonyl (C=O) groups is 6. The third-order valence-electron chi connectivity index (χ3n) is 8.81. The van der Waals surface area contributed by atoms with Crippen molar-refractivity contribution in [2.24, 2.45) is 20.5 Å². The summed E-state index contributed by atoms with van der Waals surface area (Å²) in [7, 11) is 0. The van der Waals surface area contributed by atoms with Crippen molar-refractivity contribution in [2.45, 2.75) is 39.8 Å². The summed E-state index contributed by atoms with van der Waals surface area (Å²) in [5.74, 6) is -4.40. The molecule has 2 atom stereocenters. The molecule has 0 radical (unpaired) electrons. The molecule has 0 aliphatic carbocycles. The quantitative estimate of drug-likeness (QED) is 0.0630. The lowest BCUT2D eigenvalue weighted by molar-refractivity contribution is -0.127. The van der Waals surface area contributed by atoms with Gasteiger partial charge in [-0.15, -0.1) is 0 Å². The lowest BCUT2D eigenvalue weighted by Gasteiger charge is -2.17. The minimum absolute atomic E-state index is 0.0247. The number of Topliss-reactive ketones (excluding diaryl/α,β-unsaturated/α-hetero) is 2. The van der Waals surface area contributed by atoms with Crippen LogP contribution in [0.3, 0.4) is 0 Å². The Labute approximate surface area is 405 Å². The second kappa shape index (κ2) is 21.7. The topological polar surface area (TPSA) is 200 Å². The summed E-state index contributed by atoms with van der Waals surface area (Å²) in [6, 6.07) is 13.9. The van der Waals surface area contributed by atoms with Gasteiger partial charge in [0, 0.05) is 21.4 Å². The first-order valence-corrected chi connectivity index (χ1v) is 21.2. The van der Waals surface area contributed by atoms with Crippen LogP contribution in [0.15, 0.2) is 93.3 Å². The number of ketones is 2. The van der Waals surface area contributed by atoms with E-state index in [0.717, 1.165) is 13.8 Å². The van der Waals surface area contributed by atoms with Crippen LogP contribution < -0.4 is 21.3 Å². The van der Waals surface area contributed by atoms with Gasteiger partial charge in [-0.2, -0.15) is 20.5 Å². The summed E-state index contributed by atoms with van der Waals surface area (Å²) in [4.78, 5) is 78.3. The highest BCUT2D eigenvalue weighted by Crippen LogP contribution is 2.37. The first-order chi connectivity index (χ1) is 30.2. The SMILES string of the molecule is CC(=O)C(N=Nc1cccc(C(=O)Nc2c(Cl)cc(Cl)cc2Cl)c1Cl)C(=O)Nc1cc(C)c(NC(=O)C(N=Nc2cccc(C(=O)Nc3c(Cl)cc(Cl)cc3Cl)c2Cl)C(C)=O)c(C)c1. The van der Waals surface area contributed by atoms with Crippen LogP contribution in [0.5, 0.6) is 0 Å². The van der Waals surface area contributed by atoms with E-state index < -0.39 is 47.3 Å². The fourth-order valence-corrected chi connectivity index (χ4v) is 8.06. The third-order valence-corrected chi connectivity index (χ3v) is 11.2. The molecule has 4 N–H and O–H groups in total. The molecule has 22 heteroatoms. The van der Waals surface area contributed by atoms with E-state index >= 15 is 0 Å². The molecule has 0 aliphatic heterocycles. The molecule has 0 aliphatic rings. The predicted octanol–water partition coefficient (Wildman–Crippen LogP) is 13.4. The van der Waals surface area contributed by atoms with Crippen LogP contribution in [-0.2, 0) is 19.2 Å². The van der Waals surface area contributed by atoms with Gasteiger partial charge in [0.15, 0.2) is 11.6 Å². The van der Waals surface area contributed by atoms with Crippen LogP contribution in [0.2, 0.25) is 40.2 Å². The molecule has 64 heavy (non-hydrogen) atoms.